The van der Waals surface area contributed by atoms with Crippen LogP contribution in [-0.2, 0) is 13.1 Å². The second-order valence-electron chi connectivity index (χ2n) is 6.16. The smallest absolute Gasteiger partial charge is 0.191 e. The van der Waals surface area contributed by atoms with Crippen LogP contribution in [0.4, 0.5) is 0 Å². The van der Waals surface area contributed by atoms with Crippen molar-refractivity contribution in [2.24, 2.45) is 4.99 Å². The average Bonchev–Trinajstić information content (AvgIpc) is 2.52. The van der Waals surface area contributed by atoms with Crippen molar-refractivity contribution in [2.45, 2.75) is 59.3 Å². The van der Waals surface area contributed by atoms with Gasteiger partial charge in [0.15, 0.2) is 5.96 Å². The molecule has 0 aliphatic heterocycles. The number of aliphatic imine (C=N–C) groups is 1. The summed E-state index contributed by atoms with van der Waals surface area (Å²) in [5.74, 6) is 0.862. The van der Waals surface area contributed by atoms with Gasteiger partial charge >= 0.3 is 0 Å². The zero-order valence-electron chi connectivity index (χ0n) is 15.0. The lowest BCUT2D eigenvalue weighted by atomic mass is 10.1. The van der Waals surface area contributed by atoms with Crippen molar-refractivity contribution in [3.63, 3.8) is 0 Å². The van der Waals surface area contributed by atoms with Gasteiger partial charge in [0.1, 0.15) is 0 Å². The lowest BCUT2D eigenvalue weighted by molar-refractivity contribution is 0.265. The number of hydrogen-bond donors (Lipinski definition) is 2. The molecule has 0 bridgehead atoms. The quantitative estimate of drug-likeness (QED) is 0.601. The first-order chi connectivity index (χ1) is 10.5. The van der Waals surface area contributed by atoms with E-state index in [2.05, 4.69) is 79.5 Å². The van der Waals surface area contributed by atoms with Crippen molar-refractivity contribution in [3.05, 3.63) is 35.4 Å². The van der Waals surface area contributed by atoms with Crippen LogP contribution in [0.25, 0.3) is 0 Å². The van der Waals surface area contributed by atoms with E-state index in [0.29, 0.717) is 12.1 Å². The summed E-state index contributed by atoms with van der Waals surface area (Å²) >= 11 is 0. The van der Waals surface area contributed by atoms with Crippen LogP contribution in [0.15, 0.2) is 29.3 Å². The van der Waals surface area contributed by atoms with Crippen molar-refractivity contribution in [1.29, 1.82) is 0 Å². The molecule has 2 N–H and O–H groups in total. The lowest BCUT2D eigenvalue weighted by Gasteiger charge is -2.23. The van der Waals surface area contributed by atoms with Crippen molar-refractivity contribution in [2.75, 3.05) is 14.1 Å². The highest BCUT2D eigenvalue weighted by Gasteiger charge is 2.09. The molecule has 0 radical (unpaired) electrons. The highest BCUT2D eigenvalue weighted by Crippen LogP contribution is 2.12. The van der Waals surface area contributed by atoms with Gasteiger partial charge in [0.25, 0.3) is 0 Å². The highest BCUT2D eigenvalue weighted by atomic mass is 15.2. The average molecular weight is 304 g/mol. The van der Waals surface area contributed by atoms with E-state index < -0.39 is 0 Å². The van der Waals surface area contributed by atoms with Gasteiger partial charge in [0.05, 0.1) is 0 Å². The van der Waals surface area contributed by atoms with Crippen LogP contribution >= 0.6 is 0 Å². The van der Waals surface area contributed by atoms with E-state index in [1.165, 1.54) is 11.1 Å². The Kier molecular flexibility index (Phi) is 7.96. The van der Waals surface area contributed by atoms with Crippen LogP contribution in [0.2, 0.25) is 0 Å². The van der Waals surface area contributed by atoms with Gasteiger partial charge in [-0.15, -0.1) is 0 Å². The van der Waals surface area contributed by atoms with Crippen LogP contribution in [0.3, 0.4) is 0 Å². The Morgan fingerprint density at radius 2 is 1.82 bits per heavy atom. The number of hydrogen-bond acceptors (Lipinski definition) is 2. The second kappa shape index (κ2) is 9.46. The first-order valence-electron chi connectivity index (χ1n) is 8.22. The summed E-state index contributed by atoms with van der Waals surface area (Å²) in [6, 6.07) is 9.57. The summed E-state index contributed by atoms with van der Waals surface area (Å²) in [5, 5.41) is 6.81. The van der Waals surface area contributed by atoms with E-state index >= 15 is 0 Å². The molecule has 0 aliphatic rings. The SMILES string of the molecule is CCC(C)NC(=NC)NCc1ccccc1CN(C)C(C)C. The van der Waals surface area contributed by atoms with E-state index in [4.69, 9.17) is 0 Å². The Hall–Kier alpha value is -1.55. The Morgan fingerprint density at radius 3 is 2.36 bits per heavy atom. The molecule has 0 amide bonds. The molecule has 1 aromatic carbocycles. The van der Waals surface area contributed by atoms with Crippen LogP contribution in [0.5, 0.6) is 0 Å². The predicted molar refractivity (Wildman–Crippen MR) is 96.1 cm³/mol. The molecule has 1 aromatic rings. The minimum Gasteiger partial charge on any atom is -0.354 e. The lowest BCUT2D eigenvalue weighted by Crippen LogP contribution is -2.41. The van der Waals surface area contributed by atoms with Crippen molar-refractivity contribution < 1.29 is 0 Å². The third-order valence-electron chi connectivity index (χ3n) is 4.09. The van der Waals surface area contributed by atoms with Gasteiger partial charge in [-0.1, -0.05) is 31.2 Å². The Balaban J connectivity index is 2.69. The van der Waals surface area contributed by atoms with Gasteiger partial charge in [0, 0.05) is 32.2 Å². The molecule has 0 saturated carbocycles. The molecule has 0 fully saturated rings. The maximum absolute atomic E-state index is 4.29. The minimum absolute atomic E-state index is 0.425. The highest BCUT2D eigenvalue weighted by molar-refractivity contribution is 5.79. The third-order valence-corrected chi connectivity index (χ3v) is 4.09. The molecular formula is C18H32N4. The van der Waals surface area contributed by atoms with Gasteiger partial charge in [-0.05, 0) is 45.4 Å². The number of rotatable bonds is 7. The van der Waals surface area contributed by atoms with Gasteiger partial charge in [-0.25, -0.2) is 0 Å². The molecule has 1 unspecified atom stereocenters. The molecule has 4 nitrogen and oxygen atoms in total. The Morgan fingerprint density at radius 1 is 1.18 bits per heavy atom. The first kappa shape index (κ1) is 18.5. The predicted octanol–water partition coefficient (Wildman–Crippen LogP) is 2.99. The molecule has 124 valence electrons. The van der Waals surface area contributed by atoms with Crippen molar-refractivity contribution in [3.8, 4) is 0 Å². The van der Waals surface area contributed by atoms with Gasteiger partial charge in [-0.3, -0.25) is 9.89 Å². The number of nitrogens with zero attached hydrogens (tertiary/aromatic N) is 2. The largest absolute Gasteiger partial charge is 0.354 e. The van der Waals surface area contributed by atoms with Crippen molar-refractivity contribution in [1.82, 2.24) is 15.5 Å². The summed E-state index contributed by atoms with van der Waals surface area (Å²) in [5.41, 5.74) is 2.69. The summed E-state index contributed by atoms with van der Waals surface area (Å²) in [4.78, 5) is 6.65. The molecule has 0 heterocycles. The van der Waals surface area contributed by atoms with Crippen LogP contribution in [0.1, 0.15) is 45.2 Å². The molecular weight excluding hydrogens is 272 g/mol. The molecule has 0 saturated heterocycles. The molecule has 0 aromatic heterocycles. The monoisotopic (exact) mass is 304 g/mol. The van der Waals surface area contributed by atoms with E-state index in [-0.39, 0.29) is 0 Å². The topological polar surface area (TPSA) is 39.7 Å². The Bertz CT molecular complexity index is 468. The number of guanidine groups is 1. The van der Waals surface area contributed by atoms with E-state index in [1.807, 2.05) is 7.05 Å². The number of nitrogens with one attached hydrogen (secondary N) is 2. The van der Waals surface area contributed by atoms with E-state index in [9.17, 15) is 0 Å². The van der Waals surface area contributed by atoms with Crippen LogP contribution in [-0.4, -0.2) is 37.0 Å². The molecule has 1 atom stereocenters. The fraction of sp³-hybridized carbons (Fsp3) is 0.611. The summed E-state index contributed by atoms with van der Waals surface area (Å²) in [7, 11) is 3.98. The second-order valence-corrected chi connectivity index (χ2v) is 6.16. The standard InChI is InChI=1S/C18H32N4/c1-7-15(4)21-18(19-5)20-12-16-10-8-9-11-17(16)13-22(6)14(2)3/h8-11,14-15H,7,12-13H2,1-6H3,(H2,19,20,21). The Labute approximate surface area is 136 Å². The minimum atomic E-state index is 0.425. The maximum Gasteiger partial charge on any atom is 0.191 e. The van der Waals surface area contributed by atoms with Crippen LogP contribution < -0.4 is 10.6 Å². The zero-order valence-corrected chi connectivity index (χ0v) is 15.0. The van der Waals surface area contributed by atoms with Crippen molar-refractivity contribution >= 4 is 5.96 Å². The number of benzene rings is 1. The zero-order chi connectivity index (χ0) is 16.5. The normalized spacial score (nSPS) is 13.5. The molecule has 22 heavy (non-hydrogen) atoms. The van der Waals surface area contributed by atoms with Gasteiger partial charge < -0.3 is 10.6 Å². The van der Waals surface area contributed by atoms with Gasteiger partial charge in [-0.2, -0.15) is 0 Å². The van der Waals surface area contributed by atoms with E-state index in [1.54, 1.807) is 0 Å². The fourth-order valence-electron chi connectivity index (χ4n) is 2.04. The molecule has 0 aliphatic carbocycles. The summed E-state index contributed by atoms with van der Waals surface area (Å²) in [6.07, 6.45) is 1.08. The first-order valence-corrected chi connectivity index (χ1v) is 8.22. The summed E-state index contributed by atoms with van der Waals surface area (Å²) in [6.45, 7) is 10.5. The van der Waals surface area contributed by atoms with Gasteiger partial charge in [0.2, 0.25) is 0 Å². The van der Waals surface area contributed by atoms with Crippen LogP contribution in [0, 0.1) is 0 Å². The molecule has 0 spiro atoms. The fourth-order valence-corrected chi connectivity index (χ4v) is 2.04. The molecule has 4 heteroatoms. The maximum atomic E-state index is 4.29. The molecule has 1 rings (SSSR count). The summed E-state index contributed by atoms with van der Waals surface area (Å²) < 4.78 is 0. The van der Waals surface area contributed by atoms with E-state index in [0.717, 1.165) is 25.5 Å². The third kappa shape index (κ3) is 6.06.